The number of hydrogen-bond donors (Lipinski definition) is 2. The first-order chi connectivity index (χ1) is 12.9. The Morgan fingerprint density at radius 2 is 2.04 bits per heavy atom. The molecule has 0 amide bonds. The fourth-order valence-corrected chi connectivity index (χ4v) is 2.28. The molecule has 0 aromatic carbocycles. The Morgan fingerprint density at radius 3 is 2.70 bits per heavy atom. The highest BCUT2D eigenvalue weighted by Gasteiger charge is 2.19. The van der Waals surface area contributed by atoms with E-state index >= 15 is 0 Å². The second-order valence-electron chi connectivity index (χ2n) is 7.23. The molecule has 2 aromatic heterocycles. The molecule has 148 valence electrons. The third-order valence-corrected chi connectivity index (χ3v) is 3.74. The fraction of sp³-hybridized carbons (Fsp3) is 0.550. The number of aromatic nitrogens is 2. The van der Waals surface area contributed by atoms with Crippen molar-refractivity contribution in [2.45, 2.75) is 59.5 Å². The van der Waals surface area contributed by atoms with E-state index in [4.69, 9.17) is 9.15 Å². The molecule has 0 atom stereocenters. The van der Waals surface area contributed by atoms with Crippen LogP contribution >= 0.6 is 0 Å². The standard InChI is InChI=1S/C20H31N5O2/c1-6-11-26-18-15(9-8-10-22-18)12-24-19(21-7-2)25-14-17-23-13-16(27-17)20(3,4)5/h8-10,13H,6-7,11-12,14H2,1-5H3,(H2,21,24,25). The number of rotatable bonds is 8. The molecular weight excluding hydrogens is 342 g/mol. The second-order valence-corrected chi connectivity index (χ2v) is 7.23. The van der Waals surface area contributed by atoms with Crippen LogP contribution in [0.15, 0.2) is 33.9 Å². The van der Waals surface area contributed by atoms with Gasteiger partial charge in [-0.15, -0.1) is 0 Å². The number of hydrogen-bond acceptors (Lipinski definition) is 5. The van der Waals surface area contributed by atoms with Crippen molar-refractivity contribution >= 4 is 5.96 Å². The van der Waals surface area contributed by atoms with E-state index in [1.165, 1.54) is 0 Å². The summed E-state index contributed by atoms with van der Waals surface area (Å²) in [5.41, 5.74) is 0.897. The number of guanidine groups is 1. The van der Waals surface area contributed by atoms with Gasteiger partial charge in [0.2, 0.25) is 11.8 Å². The molecule has 0 unspecified atom stereocenters. The van der Waals surface area contributed by atoms with Gasteiger partial charge in [0.25, 0.3) is 0 Å². The number of ether oxygens (including phenoxy) is 1. The van der Waals surface area contributed by atoms with Crippen molar-refractivity contribution in [3.05, 3.63) is 41.7 Å². The van der Waals surface area contributed by atoms with Gasteiger partial charge in [-0.25, -0.2) is 15.0 Å². The van der Waals surface area contributed by atoms with Crippen LogP contribution in [0.5, 0.6) is 5.88 Å². The normalized spacial score (nSPS) is 12.1. The van der Waals surface area contributed by atoms with Crippen LogP contribution in [0, 0.1) is 0 Å². The number of nitrogens with zero attached hydrogens (tertiary/aromatic N) is 3. The van der Waals surface area contributed by atoms with Crippen molar-refractivity contribution < 1.29 is 9.15 Å². The van der Waals surface area contributed by atoms with Crippen molar-refractivity contribution in [3.8, 4) is 5.88 Å². The van der Waals surface area contributed by atoms with Crippen molar-refractivity contribution in [1.29, 1.82) is 0 Å². The van der Waals surface area contributed by atoms with Crippen molar-refractivity contribution in [3.63, 3.8) is 0 Å². The summed E-state index contributed by atoms with van der Waals surface area (Å²) in [4.78, 5) is 13.3. The molecule has 0 bridgehead atoms. The summed E-state index contributed by atoms with van der Waals surface area (Å²) in [6.45, 7) is 12.7. The SMILES string of the molecule is CCCOc1ncccc1CN=C(NCC)NCc1ncc(C(C)(C)C)o1. The van der Waals surface area contributed by atoms with E-state index in [0.717, 1.165) is 24.3 Å². The summed E-state index contributed by atoms with van der Waals surface area (Å²) >= 11 is 0. The molecule has 0 aliphatic heterocycles. The van der Waals surface area contributed by atoms with Crippen LogP contribution < -0.4 is 15.4 Å². The lowest BCUT2D eigenvalue weighted by molar-refractivity contribution is 0.302. The van der Waals surface area contributed by atoms with Gasteiger partial charge in [0.05, 0.1) is 25.9 Å². The van der Waals surface area contributed by atoms with Crippen LogP contribution in [0.3, 0.4) is 0 Å². The first kappa shape index (κ1) is 20.7. The van der Waals surface area contributed by atoms with Crippen LogP contribution in [0.2, 0.25) is 0 Å². The van der Waals surface area contributed by atoms with Gasteiger partial charge in [-0.2, -0.15) is 0 Å². The molecule has 2 rings (SSSR count). The third-order valence-electron chi connectivity index (χ3n) is 3.74. The predicted octanol–water partition coefficient (Wildman–Crippen LogP) is 3.41. The Kier molecular flexibility index (Phi) is 7.64. The van der Waals surface area contributed by atoms with Gasteiger partial charge in [-0.05, 0) is 19.4 Å². The fourth-order valence-electron chi connectivity index (χ4n) is 2.28. The lowest BCUT2D eigenvalue weighted by atomic mass is 9.94. The van der Waals surface area contributed by atoms with Crippen molar-refractivity contribution in [2.24, 2.45) is 4.99 Å². The van der Waals surface area contributed by atoms with Gasteiger partial charge in [0, 0.05) is 23.7 Å². The highest BCUT2D eigenvalue weighted by Crippen LogP contribution is 2.22. The van der Waals surface area contributed by atoms with E-state index in [1.54, 1.807) is 12.4 Å². The summed E-state index contributed by atoms with van der Waals surface area (Å²) in [7, 11) is 0. The molecule has 0 spiro atoms. The molecule has 0 saturated heterocycles. The zero-order valence-corrected chi connectivity index (χ0v) is 17.0. The maximum absolute atomic E-state index is 5.82. The van der Waals surface area contributed by atoms with Gasteiger partial charge in [-0.3, -0.25) is 0 Å². The molecular formula is C20H31N5O2. The first-order valence-electron chi connectivity index (χ1n) is 9.48. The Morgan fingerprint density at radius 1 is 1.22 bits per heavy atom. The molecule has 2 N–H and O–H groups in total. The Hall–Kier alpha value is -2.57. The maximum Gasteiger partial charge on any atom is 0.218 e. The minimum absolute atomic E-state index is 0.0565. The average Bonchev–Trinajstić information content (AvgIpc) is 3.12. The quantitative estimate of drug-likeness (QED) is 0.545. The molecule has 0 aliphatic rings. The average molecular weight is 374 g/mol. The molecule has 2 aromatic rings. The Balaban J connectivity index is 2.01. The highest BCUT2D eigenvalue weighted by molar-refractivity contribution is 5.79. The smallest absolute Gasteiger partial charge is 0.218 e. The van der Waals surface area contributed by atoms with Gasteiger partial charge >= 0.3 is 0 Å². The Bertz CT molecular complexity index is 734. The molecule has 7 heteroatoms. The molecule has 0 radical (unpaired) electrons. The molecule has 0 saturated carbocycles. The van der Waals surface area contributed by atoms with Crippen LogP contribution in [-0.2, 0) is 18.5 Å². The van der Waals surface area contributed by atoms with Crippen molar-refractivity contribution in [2.75, 3.05) is 13.2 Å². The van der Waals surface area contributed by atoms with Crippen LogP contribution in [0.25, 0.3) is 0 Å². The topological polar surface area (TPSA) is 84.6 Å². The van der Waals surface area contributed by atoms with E-state index < -0.39 is 0 Å². The molecule has 0 fully saturated rings. The zero-order valence-electron chi connectivity index (χ0n) is 17.0. The van der Waals surface area contributed by atoms with Gasteiger partial charge in [-0.1, -0.05) is 33.8 Å². The lowest BCUT2D eigenvalue weighted by Crippen LogP contribution is -2.36. The third kappa shape index (κ3) is 6.58. The molecule has 7 nitrogen and oxygen atoms in total. The largest absolute Gasteiger partial charge is 0.477 e. The molecule has 0 aliphatic carbocycles. The summed E-state index contributed by atoms with van der Waals surface area (Å²) in [6.07, 6.45) is 4.46. The van der Waals surface area contributed by atoms with Crippen LogP contribution in [-0.4, -0.2) is 29.1 Å². The van der Waals surface area contributed by atoms with Crippen LogP contribution in [0.1, 0.15) is 58.3 Å². The van der Waals surface area contributed by atoms with E-state index in [-0.39, 0.29) is 5.41 Å². The molecule has 2 heterocycles. The number of aliphatic imine (C=N–C) groups is 1. The van der Waals surface area contributed by atoms with E-state index in [9.17, 15) is 0 Å². The summed E-state index contributed by atoms with van der Waals surface area (Å²) in [6, 6.07) is 3.87. The highest BCUT2D eigenvalue weighted by atomic mass is 16.5. The summed E-state index contributed by atoms with van der Waals surface area (Å²) in [5.74, 6) is 2.84. The minimum Gasteiger partial charge on any atom is -0.477 e. The monoisotopic (exact) mass is 373 g/mol. The predicted molar refractivity (Wildman–Crippen MR) is 107 cm³/mol. The first-order valence-corrected chi connectivity index (χ1v) is 9.48. The lowest BCUT2D eigenvalue weighted by Gasteiger charge is -2.13. The summed E-state index contributed by atoms with van der Waals surface area (Å²) < 4.78 is 11.5. The van der Waals surface area contributed by atoms with Crippen molar-refractivity contribution in [1.82, 2.24) is 20.6 Å². The number of oxazole rings is 1. The molecule has 27 heavy (non-hydrogen) atoms. The number of nitrogens with one attached hydrogen (secondary N) is 2. The zero-order chi connectivity index (χ0) is 19.7. The van der Waals surface area contributed by atoms with Gasteiger partial charge in [0.1, 0.15) is 5.76 Å². The minimum atomic E-state index is -0.0565. The van der Waals surface area contributed by atoms with E-state index in [2.05, 4.69) is 53.3 Å². The maximum atomic E-state index is 5.82. The second kappa shape index (κ2) is 9.94. The van der Waals surface area contributed by atoms with Gasteiger partial charge in [0.15, 0.2) is 5.96 Å². The number of pyridine rings is 1. The van der Waals surface area contributed by atoms with E-state index in [1.807, 2.05) is 19.1 Å². The van der Waals surface area contributed by atoms with Crippen LogP contribution in [0.4, 0.5) is 0 Å². The van der Waals surface area contributed by atoms with Gasteiger partial charge < -0.3 is 19.8 Å². The van der Waals surface area contributed by atoms with E-state index in [0.29, 0.717) is 37.4 Å². The summed E-state index contributed by atoms with van der Waals surface area (Å²) in [5, 5.41) is 6.49. The Labute approximate surface area is 161 Å².